The average Bonchev–Trinajstić information content (AvgIpc) is 0.959. The van der Waals surface area contributed by atoms with E-state index in [-0.39, 0.29) is 96.3 Å². The summed E-state index contributed by atoms with van der Waals surface area (Å²) in [6.45, 7) is 3.74. The van der Waals surface area contributed by atoms with Gasteiger partial charge in [0, 0.05) is 104 Å². The van der Waals surface area contributed by atoms with Crippen LogP contribution in [0, 0.1) is 64.9 Å². The van der Waals surface area contributed by atoms with Crippen LogP contribution < -0.4 is 95.7 Å². The molecule has 0 unspecified atom stereocenters. The summed E-state index contributed by atoms with van der Waals surface area (Å²) in [5, 5.41) is 148. The smallest absolute Gasteiger partial charge is 0.199 e. The number of unbranched alkanes of at least 4 members (excludes halogenated alkanes) is 9. The Balaban J connectivity index is 0.000000525. The molecule has 38 heteroatoms. The molecule has 6 rings (SSSR count). The number of hydrogen-bond acceptors (Lipinski definition) is 12. The maximum Gasteiger partial charge on any atom is 0.199 e. The number of benzene rings is 6. The van der Waals surface area contributed by atoms with Gasteiger partial charge in [0.25, 0.3) is 0 Å². The van der Waals surface area contributed by atoms with Crippen LogP contribution in [0.25, 0.3) is 0 Å². The minimum Gasteiger partial charge on any atom is -0.356 e. The second-order valence-electron chi connectivity index (χ2n) is 21.8. The first-order chi connectivity index (χ1) is 48.9. The molecule has 562 valence electrons. The van der Waals surface area contributed by atoms with Crippen molar-refractivity contribution in [2.75, 3.05) is 71.2 Å². The lowest BCUT2D eigenvalue weighted by Crippen LogP contribution is -2.43. The third kappa shape index (κ3) is 44.5. The Bertz CT molecular complexity index is 3030. The molecule has 0 radical (unpaired) electrons. The molecule has 6 aromatic carbocycles. The largest absolute Gasteiger partial charge is 0.356 e. The summed E-state index contributed by atoms with van der Waals surface area (Å²) >= 11 is 35.0. The van der Waals surface area contributed by atoms with Crippen LogP contribution in [0.2, 0.25) is 30.1 Å². The molecule has 0 saturated heterocycles. The molecule has 30 N–H and O–H groups in total. The lowest BCUT2D eigenvalue weighted by atomic mass is 10.2. The Morgan fingerprint density at radius 2 is 0.298 bits per heavy atom. The maximum atomic E-state index is 7.86. The van der Waals surface area contributed by atoms with Crippen LogP contribution in [-0.2, 0) is 0 Å². The van der Waals surface area contributed by atoms with Crippen LogP contribution in [0.5, 0.6) is 0 Å². The first kappa shape index (κ1) is 90.2. The van der Waals surface area contributed by atoms with E-state index < -0.39 is 0 Å². The van der Waals surface area contributed by atoms with E-state index in [0.29, 0.717) is 104 Å². The van der Waals surface area contributed by atoms with E-state index in [9.17, 15) is 0 Å². The Labute approximate surface area is 648 Å². The second kappa shape index (κ2) is 53.0. The summed E-state index contributed by atoms with van der Waals surface area (Å²) in [4.78, 5) is 0. The molecule has 0 bridgehead atoms. The van der Waals surface area contributed by atoms with Gasteiger partial charge in [-0.2, -0.15) is 0 Å². The highest BCUT2D eigenvalue weighted by atomic mass is 35.5. The number of halogens is 8. The maximum absolute atomic E-state index is 7.86. The first-order valence-electron chi connectivity index (χ1n) is 32.2. The molecule has 0 heterocycles. The van der Waals surface area contributed by atoms with E-state index in [1.54, 1.807) is 146 Å². The number of guanidine groups is 12. The Morgan fingerprint density at radius 3 is 0.413 bits per heavy atom. The van der Waals surface area contributed by atoms with Crippen molar-refractivity contribution in [2.24, 2.45) is 0 Å². The summed E-state index contributed by atoms with van der Waals surface area (Å²) in [6, 6.07) is 41.7. The van der Waals surface area contributed by atoms with Gasteiger partial charge in [0.1, 0.15) is 0 Å². The van der Waals surface area contributed by atoms with Crippen molar-refractivity contribution >= 4 is 200 Å². The monoisotopic (exact) mass is 1580 g/mol. The summed E-state index contributed by atoms with van der Waals surface area (Å²) < 4.78 is 0. The van der Waals surface area contributed by atoms with Gasteiger partial charge in [-0.1, -0.05) is 108 Å². The Kier molecular flexibility index (Phi) is 45.9. The number of anilines is 6. The van der Waals surface area contributed by atoms with E-state index >= 15 is 0 Å². The quantitative estimate of drug-likeness (QED) is 0.0129. The van der Waals surface area contributed by atoms with Crippen LogP contribution in [-0.4, -0.2) is 111 Å². The summed E-state index contributed by atoms with van der Waals surface area (Å²) in [7, 11) is 0. The van der Waals surface area contributed by atoms with E-state index in [1.165, 1.54) is 0 Å². The molecular formula is C66H92Cl8N30. The zero-order valence-corrected chi connectivity index (χ0v) is 62.8. The van der Waals surface area contributed by atoms with Gasteiger partial charge in [-0.05, 0) is 184 Å². The fraction of sp³-hybridized carbons (Fsp3) is 0.273. The summed E-state index contributed by atoms with van der Waals surface area (Å²) in [5.74, 6) is 0.337. The Morgan fingerprint density at radius 1 is 0.183 bits per heavy atom. The van der Waals surface area contributed by atoms with Gasteiger partial charge in [0.2, 0.25) is 0 Å². The molecule has 0 aliphatic rings. The van der Waals surface area contributed by atoms with Gasteiger partial charge in [-0.25, -0.2) is 0 Å². The van der Waals surface area contributed by atoms with Gasteiger partial charge in [0.05, 0.1) is 0 Å². The molecule has 0 atom stereocenters. The minimum atomic E-state index is -0.00148. The zero-order chi connectivity index (χ0) is 74.3. The van der Waals surface area contributed by atoms with E-state index in [2.05, 4.69) is 95.7 Å². The van der Waals surface area contributed by atoms with Gasteiger partial charge in [-0.15, -0.1) is 24.8 Å². The standard InChI is InChI=1S/3C22H30Cl2N10.2ClH/c3*23-15-5-9-17(10-6-15)31-21(27)33-19(25)29-13-3-1-2-4-14-30-20(26)34-22(28)32-18-11-7-16(24)8-12-18;;/h3*5-12H,1-4,13-14H2,(H5,25,27,29,31,33)(H5,26,28,30,32,34);2*1H. The predicted octanol–water partition coefficient (Wildman–Crippen LogP) is 13.4. The molecule has 0 amide bonds. The molecular weight excluding hydrogens is 1500 g/mol. The second-order valence-corrected chi connectivity index (χ2v) is 24.5. The van der Waals surface area contributed by atoms with Crippen molar-refractivity contribution in [3.63, 3.8) is 0 Å². The van der Waals surface area contributed by atoms with Crippen LogP contribution in [0.1, 0.15) is 77.0 Å². The highest BCUT2D eigenvalue weighted by Gasteiger charge is 2.09. The molecule has 30 nitrogen and oxygen atoms in total. The highest BCUT2D eigenvalue weighted by Crippen LogP contribution is 2.18. The van der Waals surface area contributed by atoms with Gasteiger partial charge < -0.3 is 63.8 Å². The molecule has 0 aromatic heterocycles. The average molecular weight is 1590 g/mol. The molecule has 0 spiro atoms. The molecule has 6 aromatic rings. The SMILES string of the molecule is Cl.Cl.N=C(NCCCCCCNC(=N)NC(=N)Nc1ccc(Cl)cc1)NC(=N)Nc1ccc(Cl)cc1.N=C(NCCCCCCNC(=N)NC(=N)Nc1ccc(Cl)cc1)NC(=N)Nc1ccc(Cl)cc1.N=C(NCCCCCCNC(=N)NC(=N)Nc1ccc(Cl)cc1)NC(=N)Nc1ccc(Cl)cc1. The third-order valence-electron chi connectivity index (χ3n) is 13.3. The zero-order valence-electron chi connectivity index (χ0n) is 56.7. The van der Waals surface area contributed by atoms with Crippen LogP contribution in [0.15, 0.2) is 146 Å². The summed E-state index contributed by atoms with van der Waals surface area (Å²) in [6.07, 6.45) is 11.1. The first-order valence-corrected chi connectivity index (χ1v) is 34.5. The van der Waals surface area contributed by atoms with Crippen molar-refractivity contribution in [2.45, 2.75) is 77.0 Å². The van der Waals surface area contributed by atoms with Crippen molar-refractivity contribution in [3.8, 4) is 0 Å². The van der Waals surface area contributed by atoms with Crippen LogP contribution >= 0.6 is 94.4 Å². The normalized spacial score (nSPS) is 9.87. The van der Waals surface area contributed by atoms with Gasteiger partial charge >= 0.3 is 0 Å². The van der Waals surface area contributed by atoms with Crippen molar-refractivity contribution in [1.82, 2.24) is 63.8 Å². The highest BCUT2D eigenvalue weighted by molar-refractivity contribution is 6.32. The van der Waals surface area contributed by atoms with Crippen LogP contribution in [0.4, 0.5) is 34.1 Å². The van der Waals surface area contributed by atoms with Crippen LogP contribution in [0.3, 0.4) is 0 Å². The molecule has 0 aliphatic carbocycles. The van der Waals surface area contributed by atoms with Crippen molar-refractivity contribution in [1.29, 1.82) is 64.9 Å². The Hall–Kier alpha value is -9.92. The number of nitrogens with one attached hydrogen (secondary N) is 30. The molecule has 0 aliphatic heterocycles. The van der Waals surface area contributed by atoms with Crippen molar-refractivity contribution in [3.05, 3.63) is 176 Å². The molecule has 0 fully saturated rings. The molecule has 104 heavy (non-hydrogen) atoms. The van der Waals surface area contributed by atoms with E-state index in [0.717, 1.165) is 77.0 Å². The van der Waals surface area contributed by atoms with Gasteiger partial charge in [0.15, 0.2) is 71.5 Å². The lowest BCUT2D eigenvalue weighted by molar-refractivity contribution is 0.619. The van der Waals surface area contributed by atoms with Gasteiger partial charge in [-0.3, -0.25) is 96.8 Å². The molecule has 0 saturated carbocycles. The van der Waals surface area contributed by atoms with Crippen molar-refractivity contribution < 1.29 is 0 Å². The lowest BCUT2D eigenvalue weighted by Gasteiger charge is -2.13. The summed E-state index contributed by atoms with van der Waals surface area (Å²) in [5.41, 5.74) is 4.26. The van der Waals surface area contributed by atoms with E-state index in [1.807, 2.05) is 0 Å². The van der Waals surface area contributed by atoms with E-state index in [4.69, 9.17) is 135 Å². The number of hydrogen-bond donors (Lipinski definition) is 30. The topological polar surface area (TPSA) is 503 Å². The fourth-order valence-corrected chi connectivity index (χ4v) is 9.11. The predicted molar refractivity (Wildman–Crippen MR) is 440 cm³/mol. The fourth-order valence-electron chi connectivity index (χ4n) is 8.36. The third-order valence-corrected chi connectivity index (χ3v) is 14.8. The number of rotatable bonds is 27. The minimum absolute atomic E-state index is 0.